The number of hydrogen-bond acceptors (Lipinski definition) is 4. The van der Waals surface area contributed by atoms with Crippen molar-refractivity contribution in [3.8, 4) is 5.75 Å². The van der Waals surface area contributed by atoms with Crippen molar-refractivity contribution in [3.05, 3.63) is 65.0 Å². The van der Waals surface area contributed by atoms with E-state index in [2.05, 4.69) is 9.97 Å². The maximum Gasteiger partial charge on any atom is 0.261 e. The Morgan fingerprint density at radius 2 is 2.18 bits per heavy atom. The van der Waals surface area contributed by atoms with Crippen molar-refractivity contribution < 1.29 is 4.74 Å². The lowest BCUT2D eigenvalue weighted by Gasteiger charge is -2.18. The summed E-state index contributed by atoms with van der Waals surface area (Å²) in [6.07, 6.45) is 5.90. The van der Waals surface area contributed by atoms with Crippen LogP contribution >= 0.6 is 0 Å². The van der Waals surface area contributed by atoms with E-state index in [9.17, 15) is 4.79 Å². The number of aromatic nitrogens is 3. The molecule has 2 heterocycles. The number of methoxy groups -OCH3 is 1. The number of fused-ring (bicyclic) bond motifs is 1. The smallest absolute Gasteiger partial charge is 0.261 e. The summed E-state index contributed by atoms with van der Waals surface area (Å²) in [7, 11) is 1.58. The van der Waals surface area contributed by atoms with Crippen LogP contribution in [0.25, 0.3) is 10.9 Å². The molecule has 5 nitrogen and oxygen atoms in total. The Bertz CT molecular complexity index is 843. The fourth-order valence-electron chi connectivity index (χ4n) is 2.63. The minimum atomic E-state index is -0.0794. The first-order valence-corrected chi connectivity index (χ1v) is 7.19. The predicted octanol–water partition coefficient (Wildman–Crippen LogP) is 2.80. The summed E-state index contributed by atoms with van der Waals surface area (Å²) >= 11 is 0. The Balaban J connectivity index is 2.18. The van der Waals surface area contributed by atoms with Crippen LogP contribution in [0.3, 0.4) is 0 Å². The summed E-state index contributed by atoms with van der Waals surface area (Å²) in [4.78, 5) is 21.4. The third-order valence-electron chi connectivity index (χ3n) is 3.78. The van der Waals surface area contributed by atoms with Gasteiger partial charge in [-0.2, -0.15) is 0 Å². The Morgan fingerprint density at radius 1 is 1.32 bits per heavy atom. The maximum absolute atomic E-state index is 12.8. The van der Waals surface area contributed by atoms with Crippen molar-refractivity contribution in [2.45, 2.75) is 19.4 Å². The van der Waals surface area contributed by atoms with Crippen molar-refractivity contribution >= 4 is 10.9 Å². The molecule has 0 unspecified atom stereocenters. The average molecular weight is 295 g/mol. The molecule has 3 aromatic rings. The molecule has 0 bridgehead atoms. The standard InChI is InChI=1S/C17H17N3O2/c1-3-16(12-5-4-8-18-10-12)20-11-19-15-7-6-13(22-2)9-14(15)17(20)21/h4-11,16H,3H2,1-2H3/t16-/m1/s1. The van der Waals surface area contributed by atoms with Crippen molar-refractivity contribution in [1.29, 1.82) is 0 Å². The van der Waals surface area contributed by atoms with Gasteiger partial charge in [0.2, 0.25) is 0 Å². The van der Waals surface area contributed by atoms with Gasteiger partial charge in [0.25, 0.3) is 5.56 Å². The first-order chi connectivity index (χ1) is 10.7. The van der Waals surface area contributed by atoms with Gasteiger partial charge in [0.05, 0.1) is 30.4 Å². The van der Waals surface area contributed by atoms with Gasteiger partial charge in [-0.05, 0) is 36.2 Å². The van der Waals surface area contributed by atoms with Crippen LogP contribution in [0.1, 0.15) is 24.9 Å². The maximum atomic E-state index is 12.8. The van der Waals surface area contributed by atoms with E-state index >= 15 is 0 Å². The molecular weight excluding hydrogens is 278 g/mol. The first-order valence-electron chi connectivity index (χ1n) is 7.19. The predicted molar refractivity (Wildman–Crippen MR) is 85.2 cm³/mol. The highest BCUT2D eigenvalue weighted by atomic mass is 16.5. The summed E-state index contributed by atoms with van der Waals surface area (Å²) in [6.45, 7) is 2.04. The van der Waals surface area contributed by atoms with Crippen molar-refractivity contribution in [1.82, 2.24) is 14.5 Å². The lowest BCUT2D eigenvalue weighted by Crippen LogP contribution is -2.25. The van der Waals surface area contributed by atoms with Crippen LogP contribution in [0.2, 0.25) is 0 Å². The van der Waals surface area contributed by atoms with Crippen molar-refractivity contribution in [3.63, 3.8) is 0 Å². The molecule has 0 amide bonds. The van der Waals surface area contributed by atoms with Crippen LogP contribution in [0.5, 0.6) is 5.75 Å². The molecule has 0 N–H and O–H groups in total. The molecule has 1 aromatic carbocycles. The van der Waals surface area contributed by atoms with E-state index in [1.54, 1.807) is 48.6 Å². The van der Waals surface area contributed by atoms with E-state index in [1.165, 1.54) is 0 Å². The molecule has 3 rings (SSSR count). The Morgan fingerprint density at radius 3 is 2.86 bits per heavy atom. The topological polar surface area (TPSA) is 57.0 Å². The largest absolute Gasteiger partial charge is 0.497 e. The van der Waals surface area contributed by atoms with Crippen LogP contribution in [0.15, 0.2) is 53.8 Å². The van der Waals surface area contributed by atoms with Crippen LogP contribution in [0.4, 0.5) is 0 Å². The van der Waals surface area contributed by atoms with Gasteiger partial charge in [0, 0.05) is 12.4 Å². The van der Waals surface area contributed by atoms with Gasteiger partial charge >= 0.3 is 0 Å². The number of ether oxygens (including phenoxy) is 1. The number of hydrogen-bond donors (Lipinski definition) is 0. The normalized spacial score (nSPS) is 12.3. The zero-order chi connectivity index (χ0) is 15.5. The molecule has 1 atom stereocenters. The highest BCUT2D eigenvalue weighted by Gasteiger charge is 2.15. The lowest BCUT2D eigenvalue weighted by molar-refractivity contribution is 0.415. The summed E-state index contributed by atoms with van der Waals surface area (Å²) in [5.41, 5.74) is 1.60. The molecule has 0 aliphatic heterocycles. The molecule has 112 valence electrons. The average Bonchev–Trinajstić information content (AvgIpc) is 2.58. The Labute approximate surface area is 128 Å². The van der Waals surface area contributed by atoms with E-state index < -0.39 is 0 Å². The van der Waals surface area contributed by atoms with Crippen molar-refractivity contribution in [2.75, 3.05) is 7.11 Å². The molecule has 0 fully saturated rings. The van der Waals surface area contributed by atoms with Gasteiger partial charge in [-0.1, -0.05) is 13.0 Å². The van der Waals surface area contributed by atoms with Gasteiger partial charge in [-0.15, -0.1) is 0 Å². The highest BCUT2D eigenvalue weighted by Crippen LogP contribution is 2.21. The van der Waals surface area contributed by atoms with E-state index in [4.69, 9.17) is 4.74 Å². The SMILES string of the molecule is CC[C@H](c1cccnc1)n1cnc2ccc(OC)cc2c1=O. The quantitative estimate of drug-likeness (QED) is 0.742. The zero-order valence-corrected chi connectivity index (χ0v) is 12.6. The third kappa shape index (κ3) is 2.45. The second-order valence-electron chi connectivity index (χ2n) is 5.05. The lowest BCUT2D eigenvalue weighted by atomic mass is 10.1. The van der Waals surface area contributed by atoms with Crippen LogP contribution in [-0.2, 0) is 0 Å². The summed E-state index contributed by atoms with van der Waals surface area (Å²) in [6, 6.07) is 9.10. The second kappa shape index (κ2) is 5.97. The van der Waals surface area contributed by atoms with Gasteiger partial charge in [-0.25, -0.2) is 4.98 Å². The number of benzene rings is 1. The Hall–Kier alpha value is -2.69. The molecule has 0 spiro atoms. The molecular formula is C17H17N3O2. The number of nitrogens with zero attached hydrogens (tertiary/aromatic N) is 3. The van der Waals surface area contributed by atoms with Gasteiger partial charge in [0.1, 0.15) is 5.75 Å². The molecule has 0 aliphatic rings. The zero-order valence-electron chi connectivity index (χ0n) is 12.6. The van der Waals surface area contributed by atoms with Crippen molar-refractivity contribution in [2.24, 2.45) is 0 Å². The minimum absolute atomic E-state index is 0.0698. The molecule has 5 heteroatoms. The highest BCUT2D eigenvalue weighted by molar-refractivity contribution is 5.78. The summed E-state index contributed by atoms with van der Waals surface area (Å²) < 4.78 is 6.87. The summed E-state index contributed by atoms with van der Waals surface area (Å²) in [5.74, 6) is 0.651. The van der Waals surface area contributed by atoms with Gasteiger partial charge in [0.15, 0.2) is 0 Å². The van der Waals surface area contributed by atoms with E-state index in [1.807, 2.05) is 19.1 Å². The number of pyridine rings is 1. The molecule has 0 aliphatic carbocycles. The van der Waals surface area contributed by atoms with E-state index in [0.717, 1.165) is 12.0 Å². The second-order valence-corrected chi connectivity index (χ2v) is 5.05. The number of rotatable bonds is 4. The summed E-state index contributed by atoms with van der Waals surface area (Å²) in [5, 5.41) is 0.559. The van der Waals surface area contributed by atoms with Crippen LogP contribution in [-0.4, -0.2) is 21.6 Å². The van der Waals surface area contributed by atoms with E-state index in [0.29, 0.717) is 16.7 Å². The molecule has 22 heavy (non-hydrogen) atoms. The molecule has 0 saturated carbocycles. The molecule has 0 radical (unpaired) electrons. The third-order valence-corrected chi connectivity index (χ3v) is 3.78. The minimum Gasteiger partial charge on any atom is -0.497 e. The van der Waals surface area contributed by atoms with E-state index in [-0.39, 0.29) is 11.6 Å². The van der Waals surface area contributed by atoms with Crippen LogP contribution < -0.4 is 10.3 Å². The molecule has 2 aromatic heterocycles. The van der Waals surface area contributed by atoms with Gasteiger partial charge < -0.3 is 4.74 Å². The fraction of sp³-hybridized carbons (Fsp3) is 0.235. The fourth-order valence-corrected chi connectivity index (χ4v) is 2.63. The first kappa shape index (κ1) is 14.3. The van der Waals surface area contributed by atoms with Gasteiger partial charge in [-0.3, -0.25) is 14.3 Å². The molecule has 0 saturated heterocycles. The monoisotopic (exact) mass is 295 g/mol. The Kier molecular flexibility index (Phi) is 3.87. The van der Waals surface area contributed by atoms with Crippen LogP contribution in [0, 0.1) is 0 Å².